The average Bonchev–Trinajstić information content (AvgIpc) is 3.02. The SMILES string of the molecule is Cc1nc(CCNC(=O)Cn2cc(C)c(=O)[nH]c2=O)nc2c1CCC2. The van der Waals surface area contributed by atoms with Crippen molar-refractivity contribution in [2.75, 3.05) is 6.54 Å². The van der Waals surface area contributed by atoms with Crippen LogP contribution in [0.25, 0.3) is 0 Å². The minimum absolute atomic E-state index is 0.138. The van der Waals surface area contributed by atoms with Crippen molar-refractivity contribution in [1.29, 1.82) is 0 Å². The van der Waals surface area contributed by atoms with Gasteiger partial charge in [-0.15, -0.1) is 0 Å². The summed E-state index contributed by atoms with van der Waals surface area (Å²) in [5, 5.41) is 2.76. The number of nitrogens with zero attached hydrogens (tertiary/aromatic N) is 3. The van der Waals surface area contributed by atoms with Crippen LogP contribution >= 0.6 is 0 Å². The second kappa shape index (κ2) is 7.00. The van der Waals surface area contributed by atoms with Crippen LogP contribution in [0, 0.1) is 13.8 Å². The largest absolute Gasteiger partial charge is 0.354 e. The minimum Gasteiger partial charge on any atom is -0.354 e. The van der Waals surface area contributed by atoms with Crippen molar-refractivity contribution >= 4 is 5.91 Å². The van der Waals surface area contributed by atoms with Crippen LogP contribution in [0.15, 0.2) is 15.8 Å². The molecule has 1 aliphatic carbocycles. The first-order valence-electron chi connectivity index (χ1n) is 8.36. The van der Waals surface area contributed by atoms with Gasteiger partial charge in [0.2, 0.25) is 5.91 Å². The lowest BCUT2D eigenvalue weighted by Gasteiger charge is -2.09. The molecule has 0 atom stereocenters. The number of H-pyrrole nitrogens is 1. The summed E-state index contributed by atoms with van der Waals surface area (Å²) >= 11 is 0. The number of hydrogen-bond acceptors (Lipinski definition) is 5. The highest BCUT2D eigenvalue weighted by atomic mass is 16.2. The van der Waals surface area contributed by atoms with E-state index in [1.807, 2.05) is 6.92 Å². The predicted molar refractivity (Wildman–Crippen MR) is 91.6 cm³/mol. The summed E-state index contributed by atoms with van der Waals surface area (Å²) in [7, 11) is 0. The van der Waals surface area contributed by atoms with Crippen LogP contribution in [0.1, 0.15) is 34.8 Å². The van der Waals surface area contributed by atoms with Gasteiger partial charge in [0, 0.05) is 36.1 Å². The Kier molecular flexibility index (Phi) is 4.78. The van der Waals surface area contributed by atoms with Gasteiger partial charge in [0.05, 0.1) is 0 Å². The molecule has 2 aromatic rings. The van der Waals surface area contributed by atoms with E-state index < -0.39 is 11.2 Å². The van der Waals surface area contributed by atoms with Crippen molar-refractivity contribution < 1.29 is 4.79 Å². The van der Waals surface area contributed by atoms with Gasteiger partial charge in [0.25, 0.3) is 5.56 Å². The Morgan fingerprint density at radius 1 is 1.28 bits per heavy atom. The molecule has 0 fully saturated rings. The molecule has 0 saturated heterocycles. The van der Waals surface area contributed by atoms with E-state index in [0.29, 0.717) is 18.5 Å². The van der Waals surface area contributed by atoms with Gasteiger partial charge in [0.1, 0.15) is 12.4 Å². The van der Waals surface area contributed by atoms with Crippen molar-refractivity contribution in [2.45, 2.75) is 46.1 Å². The summed E-state index contributed by atoms with van der Waals surface area (Å²) in [6.45, 7) is 3.84. The molecular weight excluding hydrogens is 322 g/mol. The number of amides is 1. The van der Waals surface area contributed by atoms with E-state index in [4.69, 9.17) is 0 Å². The van der Waals surface area contributed by atoms with Gasteiger partial charge in [-0.25, -0.2) is 14.8 Å². The maximum absolute atomic E-state index is 12.0. The highest BCUT2D eigenvalue weighted by Gasteiger charge is 2.16. The van der Waals surface area contributed by atoms with Gasteiger partial charge in [-0.2, -0.15) is 0 Å². The maximum Gasteiger partial charge on any atom is 0.328 e. The zero-order chi connectivity index (χ0) is 18.0. The number of fused-ring (bicyclic) bond motifs is 1. The van der Waals surface area contributed by atoms with Gasteiger partial charge in [-0.3, -0.25) is 19.1 Å². The lowest BCUT2D eigenvalue weighted by atomic mass is 10.2. The summed E-state index contributed by atoms with van der Waals surface area (Å²) in [6, 6.07) is 0. The smallest absolute Gasteiger partial charge is 0.328 e. The summed E-state index contributed by atoms with van der Waals surface area (Å²) in [4.78, 5) is 46.3. The monoisotopic (exact) mass is 343 g/mol. The zero-order valence-electron chi connectivity index (χ0n) is 14.4. The number of rotatable bonds is 5. The maximum atomic E-state index is 12.0. The third kappa shape index (κ3) is 3.84. The van der Waals surface area contributed by atoms with Crippen molar-refractivity contribution in [1.82, 2.24) is 24.8 Å². The quantitative estimate of drug-likeness (QED) is 0.781. The molecule has 8 nitrogen and oxygen atoms in total. The molecule has 0 saturated carbocycles. The number of aromatic amines is 1. The molecule has 132 valence electrons. The van der Waals surface area contributed by atoms with E-state index in [-0.39, 0.29) is 12.5 Å². The van der Waals surface area contributed by atoms with Gasteiger partial charge in [-0.1, -0.05) is 0 Å². The standard InChI is InChI=1S/C17H21N5O3/c1-10-8-22(17(25)21-16(10)24)9-15(23)18-7-6-14-19-11(2)12-4-3-5-13(12)20-14/h8H,3-7,9H2,1-2H3,(H,18,23)(H,21,24,25). The van der Waals surface area contributed by atoms with E-state index in [1.54, 1.807) is 6.92 Å². The van der Waals surface area contributed by atoms with E-state index in [9.17, 15) is 14.4 Å². The van der Waals surface area contributed by atoms with Gasteiger partial charge in [-0.05, 0) is 38.7 Å². The number of aryl methyl sites for hydroxylation is 3. The molecule has 3 rings (SSSR count). The van der Waals surface area contributed by atoms with Crippen LogP contribution in [-0.2, 0) is 30.6 Å². The Balaban J connectivity index is 1.57. The molecule has 0 unspecified atom stereocenters. The van der Waals surface area contributed by atoms with E-state index in [2.05, 4.69) is 20.3 Å². The number of aromatic nitrogens is 4. The van der Waals surface area contributed by atoms with Crippen molar-refractivity contribution in [2.24, 2.45) is 0 Å². The Hall–Kier alpha value is -2.77. The van der Waals surface area contributed by atoms with Crippen LogP contribution in [0.4, 0.5) is 0 Å². The second-order valence-electron chi connectivity index (χ2n) is 6.30. The minimum atomic E-state index is -0.594. The predicted octanol–water partition coefficient (Wildman–Crippen LogP) is -0.209. The van der Waals surface area contributed by atoms with Crippen LogP contribution in [0.3, 0.4) is 0 Å². The molecule has 8 heteroatoms. The van der Waals surface area contributed by atoms with Gasteiger partial charge >= 0.3 is 5.69 Å². The first-order chi connectivity index (χ1) is 11.9. The molecule has 2 N–H and O–H groups in total. The number of carbonyl (C=O) groups excluding carboxylic acids is 1. The highest BCUT2D eigenvalue weighted by molar-refractivity contribution is 5.75. The number of hydrogen-bond donors (Lipinski definition) is 2. The van der Waals surface area contributed by atoms with Crippen LogP contribution in [0.2, 0.25) is 0 Å². The van der Waals surface area contributed by atoms with Crippen molar-refractivity contribution in [3.8, 4) is 0 Å². The highest BCUT2D eigenvalue weighted by Crippen LogP contribution is 2.22. The number of carbonyl (C=O) groups is 1. The molecule has 0 bridgehead atoms. The van der Waals surface area contributed by atoms with Gasteiger partial charge in [0.15, 0.2) is 0 Å². The Morgan fingerprint density at radius 3 is 2.88 bits per heavy atom. The lowest BCUT2D eigenvalue weighted by Crippen LogP contribution is -2.37. The molecule has 2 heterocycles. The van der Waals surface area contributed by atoms with Gasteiger partial charge < -0.3 is 5.32 Å². The summed E-state index contributed by atoms with van der Waals surface area (Å²) in [6.07, 6.45) is 5.09. The first kappa shape index (κ1) is 17.1. The topological polar surface area (TPSA) is 110 Å². The fraction of sp³-hybridized carbons (Fsp3) is 0.471. The third-order valence-corrected chi connectivity index (χ3v) is 4.36. The Morgan fingerprint density at radius 2 is 2.08 bits per heavy atom. The molecule has 25 heavy (non-hydrogen) atoms. The van der Waals surface area contributed by atoms with Crippen LogP contribution in [0.5, 0.6) is 0 Å². The van der Waals surface area contributed by atoms with E-state index in [0.717, 1.165) is 36.5 Å². The van der Waals surface area contributed by atoms with E-state index >= 15 is 0 Å². The lowest BCUT2D eigenvalue weighted by molar-refractivity contribution is -0.121. The third-order valence-electron chi connectivity index (χ3n) is 4.36. The molecular formula is C17H21N5O3. The molecule has 0 aromatic carbocycles. The summed E-state index contributed by atoms with van der Waals surface area (Å²) < 4.78 is 1.18. The zero-order valence-corrected chi connectivity index (χ0v) is 14.4. The molecule has 0 aliphatic heterocycles. The fourth-order valence-corrected chi connectivity index (χ4v) is 3.05. The summed E-state index contributed by atoms with van der Waals surface area (Å²) in [5.41, 5.74) is 2.77. The Labute approximate surface area is 144 Å². The van der Waals surface area contributed by atoms with Crippen LogP contribution < -0.4 is 16.6 Å². The second-order valence-corrected chi connectivity index (χ2v) is 6.30. The molecule has 2 aromatic heterocycles. The average molecular weight is 343 g/mol. The molecule has 1 aliphatic rings. The van der Waals surface area contributed by atoms with Crippen molar-refractivity contribution in [3.05, 3.63) is 55.4 Å². The molecule has 0 spiro atoms. The normalized spacial score (nSPS) is 12.9. The summed E-state index contributed by atoms with van der Waals surface area (Å²) in [5.74, 6) is 0.432. The first-order valence-corrected chi connectivity index (χ1v) is 8.36. The molecule has 0 radical (unpaired) electrons. The van der Waals surface area contributed by atoms with E-state index in [1.165, 1.54) is 16.3 Å². The fourth-order valence-electron chi connectivity index (χ4n) is 3.05. The Bertz CT molecular complexity index is 929. The van der Waals surface area contributed by atoms with Crippen molar-refractivity contribution in [3.63, 3.8) is 0 Å². The number of nitrogens with one attached hydrogen (secondary N) is 2. The molecule has 1 amide bonds. The van der Waals surface area contributed by atoms with Crippen LogP contribution in [-0.4, -0.2) is 32.0 Å².